The molecule has 0 aliphatic carbocycles. The summed E-state index contributed by atoms with van der Waals surface area (Å²) in [7, 11) is -7.67. The van der Waals surface area contributed by atoms with Crippen molar-refractivity contribution in [2.24, 2.45) is 0 Å². The number of carbonyl (C=O) groups is 1. The van der Waals surface area contributed by atoms with E-state index in [9.17, 15) is 21.6 Å². The highest BCUT2D eigenvalue weighted by molar-refractivity contribution is 8.10. The van der Waals surface area contributed by atoms with Crippen LogP contribution in [-0.4, -0.2) is 45.0 Å². The van der Waals surface area contributed by atoms with Gasteiger partial charge in [0.1, 0.15) is 6.61 Å². The first-order valence-electron chi connectivity index (χ1n) is 4.90. The van der Waals surface area contributed by atoms with Crippen molar-refractivity contribution in [1.82, 2.24) is 0 Å². The normalized spacial score (nSPS) is 24.8. The summed E-state index contributed by atoms with van der Waals surface area (Å²) in [6.07, 6.45) is 0.932. The molecular weight excluding hydrogens is 268 g/mol. The summed E-state index contributed by atoms with van der Waals surface area (Å²) in [5.74, 6) is -1.27. The largest absolute Gasteiger partial charge is 0.460 e. The van der Waals surface area contributed by atoms with Crippen molar-refractivity contribution in [3.8, 4) is 0 Å². The summed E-state index contributed by atoms with van der Waals surface area (Å²) in [6, 6.07) is 0. The molecule has 0 N–H and O–H groups in total. The van der Waals surface area contributed by atoms with Gasteiger partial charge in [-0.15, -0.1) is 0 Å². The standard InChI is InChI=1S/C9H14O6S2/c1-3-8(10)15-7-9(2)16(11,12)5-4-6-17(9,13)14/h3H,1,4-7H2,2H3. The molecule has 0 aromatic carbocycles. The molecule has 1 aliphatic rings. The molecule has 1 aliphatic heterocycles. The van der Waals surface area contributed by atoms with Crippen LogP contribution >= 0.6 is 0 Å². The lowest BCUT2D eigenvalue weighted by Crippen LogP contribution is -2.53. The van der Waals surface area contributed by atoms with Crippen LogP contribution in [-0.2, 0) is 29.2 Å². The molecular formula is C9H14O6S2. The highest BCUT2D eigenvalue weighted by Crippen LogP contribution is 2.31. The van der Waals surface area contributed by atoms with Crippen LogP contribution in [0.1, 0.15) is 13.3 Å². The van der Waals surface area contributed by atoms with Crippen molar-refractivity contribution in [1.29, 1.82) is 0 Å². The molecule has 0 radical (unpaired) electrons. The van der Waals surface area contributed by atoms with E-state index in [2.05, 4.69) is 11.3 Å². The Balaban J connectivity index is 3.11. The number of sulfone groups is 2. The molecule has 1 saturated heterocycles. The van der Waals surface area contributed by atoms with E-state index in [0.717, 1.165) is 13.0 Å². The maximum absolute atomic E-state index is 11.8. The van der Waals surface area contributed by atoms with Gasteiger partial charge < -0.3 is 4.74 Å². The third-order valence-electron chi connectivity index (χ3n) is 2.79. The second kappa shape index (κ2) is 4.41. The van der Waals surface area contributed by atoms with Crippen molar-refractivity contribution in [3.05, 3.63) is 12.7 Å². The number of hydrogen-bond acceptors (Lipinski definition) is 6. The second-order valence-corrected chi connectivity index (χ2v) is 9.27. The monoisotopic (exact) mass is 282 g/mol. The van der Waals surface area contributed by atoms with E-state index < -0.39 is 36.3 Å². The number of rotatable bonds is 3. The van der Waals surface area contributed by atoms with Crippen molar-refractivity contribution in [2.75, 3.05) is 18.1 Å². The molecule has 6 nitrogen and oxygen atoms in total. The minimum absolute atomic E-state index is 0.0790. The zero-order valence-corrected chi connectivity index (χ0v) is 11.0. The second-order valence-electron chi connectivity index (χ2n) is 3.94. The van der Waals surface area contributed by atoms with Crippen molar-refractivity contribution in [3.63, 3.8) is 0 Å². The quantitative estimate of drug-likeness (QED) is 0.519. The minimum Gasteiger partial charge on any atom is -0.460 e. The minimum atomic E-state index is -3.83. The van der Waals surface area contributed by atoms with Crippen LogP contribution in [0.4, 0.5) is 0 Å². The summed E-state index contributed by atoms with van der Waals surface area (Å²) in [6.45, 7) is 3.53. The van der Waals surface area contributed by atoms with Crippen LogP contribution in [0.2, 0.25) is 0 Å². The highest BCUT2D eigenvalue weighted by atomic mass is 32.3. The number of hydrogen-bond donors (Lipinski definition) is 0. The fourth-order valence-corrected chi connectivity index (χ4v) is 6.12. The van der Waals surface area contributed by atoms with Crippen molar-refractivity contribution in [2.45, 2.75) is 17.4 Å². The van der Waals surface area contributed by atoms with Gasteiger partial charge in [-0.1, -0.05) is 6.58 Å². The predicted molar refractivity (Wildman–Crippen MR) is 61.8 cm³/mol. The van der Waals surface area contributed by atoms with E-state index in [4.69, 9.17) is 0 Å². The Kier molecular flexibility index (Phi) is 3.68. The topological polar surface area (TPSA) is 94.6 Å². The summed E-state index contributed by atoms with van der Waals surface area (Å²) >= 11 is 0. The van der Waals surface area contributed by atoms with Gasteiger partial charge in [-0.25, -0.2) is 21.6 Å². The third-order valence-corrected chi connectivity index (χ3v) is 8.83. The Morgan fingerprint density at radius 3 is 2.18 bits per heavy atom. The van der Waals surface area contributed by atoms with Gasteiger partial charge in [0.25, 0.3) is 0 Å². The van der Waals surface area contributed by atoms with Crippen LogP contribution in [0.5, 0.6) is 0 Å². The van der Waals surface area contributed by atoms with E-state index in [1.165, 1.54) is 0 Å². The van der Waals surface area contributed by atoms with Crippen LogP contribution in [0.3, 0.4) is 0 Å². The lowest BCUT2D eigenvalue weighted by atomic mass is 10.5. The lowest BCUT2D eigenvalue weighted by molar-refractivity contribution is -0.137. The Morgan fingerprint density at radius 2 is 1.76 bits per heavy atom. The molecule has 1 fully saturated rings. The van der Waals surface area contributed by atoms with Gasteiger partial charge in [0.05, 0.1) is 11.5 Å². The SMILES string of the molecule is C=CC(=O)OCC1(C)S(=O)(=O)CCCS1(=O)=O. The molecule has 0 spiro atoms. The molecule has 98 valence electrons. The van der Waals surface area contributed by atoms with Gasteiger partial charge in [0, 0.05) is 6.08 Å². The van der Waals surface area contributed by atoms with Gasteiger partial charge in [-0.3, -0.25) is 0 Å². The zero-order valence-electron chi connectivity index (χ0n) is 9.38. The van der Waals surface area contributed by atoms with E-state index in [1.807, 2.05) is 0 Å². The third kappa shape index (κ3) is 2.37. The van der Waals surface area contributed by atoms with Gasteiger partial charge in [0.2, 0.25) is 4.08 Å². The first-order chi connectivity index (χ1) is 7.66. The molecule has 0 bridgehead atoms. The maximum atomic E-state index is 11.8. The highest BCUT2D eigenvalue weighted by Gasteiger charge is 2.53. The fourth-order valence-electron chi connectivity index (χ4n) is 1.50. The van der Waals surface area contributed by atoms with Crippen molar-refractivity contribution >= 4 is 25.6 Å². The molecule has 17 heavy (non-hydrogen) atoms. The Hall–Kier alpha value is -0.890. The maximum Gasteiger partial charge on any atom is 0.330 e. The van der Waals surface area contributed by atoms with Crippen LogP contribution in [0.15, 0.2) is 12.7 Å². The Morgan fingerprint density at radius 1 is 1.29 bits per heavy atom. The summed E-state index contributed by atoms with van der Waals surface area (Å²) in [5, 5.41) is 0. The number of esters is 1. The average Bonchev–Trinajstić information content (AvgIpc) is 2.22. The van der Waals surface area contributed by atoms with E-state index in [-0.39, 0.29) is 17.9 Å². The lowest BCUT2D eigenvalue weighted by Gasteiger charge is -2.31. The molecule has 0 saturated carbocycles. The average molecular weight is 282 g/mol. The van der Waals surface area contributed by atoms with Crippen LogP contribution < -0.4 is 0 Å². The predicted octanol–water partition coefficient (Wildman–Crippen LogP) is -0.335. The summed E-state index contributed by atoms with van der Waals surface area (Å²) < 4.78 is 49.8. The van der Waals surface area contributed by atoms with Gasteiger partial charge >= 0.3 is 5.97 Å². The Bertz CT molecular complexity index is 494. The van der Waals surface area contributed by atoms with Crippen molar-refractivity contribution < 1.29 is 26.4 Å². The first-order valence-corrected chi connectivity index (χ1v) is 8.20. The number of carbonyl (C=O) groups excluding carboxylic acids is 1. The fraction of sp³-hybridized carbons (Fsp3) is 0.667. The smallest absolute Gasteiger partial charge is 0.330 e. The first kappa shape index (κ1) is 14.2. The Labute approximate surface area is 100 Å². The van der Waals surface area contributed by atoms with E-state index in [1.54, 1.807) is 0 Å². The molecule has 8 heteroatoms. The molecule has 0 aromatic rings. The zero-order chi connectivity index (χ0) is 13.3. The number of ether oxygens (including phenoxy) is 1. The molecule has 0 unspecified atom stereocenters. The van der Waals surface area contributed by atoms with Gasteiger partial charge in [-0.05, 0) is 13.3 Å². The molecule has 0 aromatic heterocycles. The molecule has 1 heterocycles. The van der Waals surface area contributed by atoms with Gasteiger partial charge in [0.15, 0.2) is 19.7 Å². The van der Waals surface area contributed by atoms with Crippen LogP contribution in [0, 0.1) is 0 Å². The molecule has 0 atom stereocenters. The summed E-state index contributed by atoms with van der Waals surface area (Å²) in [4.78, 5) is 10.9. The van der Waals surface area contributed by atoms with E-state index in [0.29, 0.717) is 0 Å². The molecule has 1 rings (SSSR count). The summed E-state index contributed by atoms with van der Waals surface area (Å²) in [5.41, 5.74) is 0. The van der Waals surface area contributed by atoms with E-state index >= 15 is 0 Å². The van der Waals surface area contributed by atoms with Gasteiger partial charge in [-0.2, -0.15) is 0 Å². The molecule has 0 amide bonds. The van der Waals surface area contributed by atoms with Crippen LogP contribution in [0.25, 0.3) is 0 Å².